The molecule has 1 aliphatic heterocycles. The van der Waals surface area contributed by atoms with Crippen LogP contribution in [0.5, 0.6) is 0 Å². The Labute approximate surface area is 136 Å². The summed E-state index contributed by atoms with van der Waals surface area (Å²) in [6.07, 6.45) is -4.91. The molecule has 130 valence electrons. The number of ether oxygens (including phenoxy) is 3. The van der Waals surface area contributed by atoms with Gasteiger partial charge in [-0.3, -0.25) is 0 Å². The van der Waals surface area contributed by atoms with Crippen LogP contribution in [-0.4, -0.2) is 37.9 Å². The van der Waals surface area contributed by atoms with Crippen LogP contribution in [0.15, 0.2) is 42.0 Å². The lowest BCUT2D eigenvalue weighted by atomic mass is 9.92. The lowest BCUT2D eigenvalue weighted by molar-refractivity contribution is -0.277. The molecular formula is C16H15F3O5. The van der Waals surface area contributed by atoms with Gasteiger partial charge in [0.2, 0.25) is 0 Å². The van der Waals surface area contributed by atoms with E-state index in [1.165, 1.54) is 31.2 Å². The van der Waals surface area contributed by atoms with E-state index in [-0.39, 0.29) is 12.2 Å². The number of methoxy groups -OCH3 is 1. The van der Waals surface area contributed by atoms with E-state index in [2.05, 4.69) is 9.47 Å². The standard InChI is InChI=1S/C16H15F3O5/c1-10(12-8-9-23-13(12)20)24-14(21)15(22-2,16(17,18)19)11-6-4-3-5-7-11/h3-8,10H,9H2,1-2H3/t10-,15+/m0/s1. The molecule has 0 aliphatic carbocycles. The van der Waals surface area contributed by atoms with Crippen LogP contribution in [-0.2, 0) is 29.4 Å². The molecule has 1 aromatic rings. The number of alkyl halides is 3. The molecule has 0 bridgehead atoms. The zero-order chi connectivity index (χ0) is 18.0. The van der Waals surface area contributed by atoms with Gasteiger partial charge in [0.1, 0.15) is 12.7 Å². The molecule has 2 atom stereocenters. The van der Waals surface area contributed by atoms with Crippen molar-refractivity contribution in [3.05, 3.63) is 47.5 Å². The molecule has 0 N–H and O–H groups in total. The maximum Gasteiger partial charge on any atom is 0.432 e. The second-order valence-electron chi connectivity index (χ2n) is 5.05. The van der Waals surface area contributed by atoms with Crippen LogP contribution >= 0.6 is 0 Å². The van der Waals surface area contributed by atoms with E-state index in [9.17, 15) is 22.8 Å². The fraction of sp³-hybridized carbons (Fsp3) is 0.375. The average molecular weight is 344 g/mol. The summed E-state index contributed by atoms with van der Waals surface area (Å²) in [6, 6.07) is 6.44. The van der Waals surface area contributed by atoms with Crippen molar-refractivity contribution < 1.29 is 37.0 Å². The highest BCUT2D eigenvalue weighted by Crippen LogP contribution is 2.43. The largest absolute Gasteiger partial charge is 0.458 e. The molecule has 1 aliphatic rings. The van der Waals surface area contributed by atoms with Gasteiger partial charge < -0.3 is 14.2 Å². The number of cyclic esters (lactones) is 1. The number of rotatable bonds is 5. The van der Waals surface area contributed by atoms with Crippen molar-refractivity contribution in [2.45, 2.75) is 24.8 Å². The Morgan fingerprint density at radius 3 is 2.33 bits per heavy atom. The zero-order valence-electron chi connectivity index (χ0n) is 12.9. The molecular weight excluding hydrogens is 329 g/mol. The number of carbonyl (C=O) groups is 2. The highest BCUT2D eigenvalue weighted by Gasteiger charge is 2.64. The van der Waals surface area contributed by atoms with Crippen molar-refractivity contribution in [2.75, 3.05) is 13.7 Å². The van der Waals surface area contributed by atoms with Crippen LogP contribution in [0.4, 0.5) is 13.2 Å². The molecule has 0 aromatic heterocycles. The SMILES string of the molecule is CO[C@@](C(=O)O[C@@H](C)C1=CCOC1=O)(c1ccccc1)C(F)(F)F. The van der Waals surface area contributed by atoms with Crippen LogP contribution in [0.1, 0.15) is 12.5 Å². The number of halogens is 3. The first-order valence-corrected chi connectivity index (χ1v) is 6.99. The Balaban J connectivity index is 2.37. The summed E-state index contributed by atoms with van der Waals surface area (Å²) in [5.74, 6) is -2.39. The molecule has 0 radical (unpaired) electrons. The molecule has 2 rings (SSSR count). The summed E-state index contributed by atoms with van der Waals surface area (Å²) in [5.41, 5.74) is -3.71. The predicted molar refractivity (Wildman–Crippen MR) is 75.8 cm³/mol. The van der Waals surface area contributed by atoms with Crippen molar-refractivity contribution in [3.8, 4) is 0 Å². The third-order valence-corrected chi connectivity index (χ3v) is 3.65. The molecule has 0 unspecified atom stereocenters. The topological polar surface area (TPSA) is 61.8 Å². The van der Waals surface area contributed by atoms with Gasteiger partial charge in [0, 0.05) is 12.7 Å². The first kappa shape index (κ1) is 18.0. The number of hydrogen-bond donors (Lipinski definition) is 0. The summed E-state index contributed by atoms with van der Waals surface area (Å²) in [6.45, 7) is 1.28. The minimum Gasteiger partial charge on any atom is -0.458 e. The average Bonchev–Trinajstić information content (AvgIpc) is 2.94. The minimum atomic E-state index is -5.07. The first-order valence-electron chi connectivity index (χ1n) is 6.99. The number of carbonyl (C=O) groups excluding carboxylic acids is 2. The molecule has 24 heavy (non-hydrogen) atoms. The molecule has 8 heteroatoms. The van der Waals surface area contributed by atoms with E-state index < -0.39 is 35.4 Å². The monoisotopic (exact) mass is 344 g/mol. The maximum atomic E-state index is 13.7. The van der Waals surface area contributed by atoms with Gasteiger partial charge in [-0.05, 0) is 13.0 Å². The van der Waals surface area contributed by atoms with Crippen LogP contribution < -0.4 is 0 Å². The molecule has 0 spiro atoms. The number of hydrogen-bond acceptors (Lipinski definition) is 5. The summed E-state index contributed by atoms with van der Waals surface area (Å²) >= 11 is 0. The zero-order valence-corrected chi connectivity index (χ0v) is 12.9. The van der Waals surface area contributed by atoms with E-state index in [0.29, 0.717) is 0 Å². The minimum absolute atomic E-state index is 0.0105. The second kappa shape index (κ2) is 6.64. The fourth-order valence-electron chi connectivity index (χ4n) is 2.40. The Kier molecular flexibility index (Phi) is 4.98. The fourth-order valence-corrected chi connectivity index (χ4v) is 2.40. The summed E-state index contributed by atoms with van der Waals surface area (Å²) in [7, 11) is 0.773. The van der Waals surface area contributed by atoms with Crippen LogP contribution in [0.2, 0.25) is 0 Å². The molecule has 0 fully saturated rings. The Bertz CT molecular complexity index is 653. The Morgan fingerprint density at radius 1 is 1.25 bits per heavy atom. The molecule has 1 aromatic carbocycles. The van der Waals surface area contributed by atoms with Crippen LogP contribution in [0.3, 0.4) is 0 Å². The van der Waals surface area contributed by atoms with Gasteiger partial charge in [0.15, 0.2) is 0 Å². The maximum absolute atomic E-state index is 13.7. The second-order valence-corrected chi connectivity index (χ2v) is 5.05. The molecule has 0 amide bonds. The van der Waals surface area contributed by atoms with Gasteiger partial charge in [-0.1, -0.05) is 30.3 Å². The van der Waals surface area contributed by atoms with Gasteiger partial charge >= 0.3 is 18.1 Å². The third-order valence-electron chi connectivity index (χ3n) is 3.65. The van der Waals surface area contributed by atoms with E-state index in [1.54, 1.807) is 0 Å². The van der Waals surface area contributed by atoms with Crippen LogP contribution in [0, 0.1) is 0 Å². The molecule has 5 nitrogen and oxygen atoms in total. The number of benzene rings is 1. The van der Waals surface area contributed by atoms with Crippen molar-refractivity contribution in [3.63, 3.8) is 0 Å². The van der Waals surface area contributed by atoms with Gasteiger partial charge in [0.25, 0.3) is 5.60 Å². The quantitative estimate of drug-likeness (QED) is 0.768. The molecule has 0 saturated heterocycles. The highest BCUT2D eigenvalue weighted by molar-refractivity contribution is 5.92. The lowest BCUT2D eigenvalue weighted by Gasteiger charge is -2.33. The summed E-state index contributed by atoms with van der Waals surface area (Å²) in [4.78, 5) is 23.8. The smallest absolute Gasteiger partial charge is 0.432 e. The summed E-state index contributed by atoms with van der Waals surface area (Å²) in [5, 5.41) is 0. The number of esters is 2. The predicted octanol–water partition coefficient (Wildman–Crippen LogP) is 2.51. The van der Waals surface area contributed by atoms with Gasteiger partial charge in [0.05, 0.1) is 5.57 Å². The van der Waals surface area contributed by atoms with Gasteiger partial charge in [-0.2, -0.15) is 13.2 Å². The van der Waals surface area contributed by atoms with E-state index in [0.717, 1.165) is 19.2 Å². The van der Waals surface area contributed by atoms with Gasteiger partial charge in [-0.15, -0.1) is 0 Å². The van der Waals surface area contributed by atoms with Crippen molar-refractivity contribution in [1.29, 1.82) is 0 Å². The molecule has 1 heterocycles. The Morgan fingerprint density at radius 2 is 1.88 bits per heavy atom. The van der Waals surface area contributed by atoms with Crippen molar-refractivity contribution in [1.82, 2.24) is 0 Å². The highest BCUT2D eigenvalue weighted by atomic mass is 19.4. The first-order chi connectivity index (χ1) is 11.2. The molecule has 0 saturated carbocycles. The van der Waals surface area contributed by atoms with E-state index >= 15 is 0 Å². The third kappa shape index (κ3) is 3.01. The summed E-state index contributed by atoms with van der Waals surface area (Å²) < 4.78 is 55.2. The normalized spacial score (nSPS) is 18.4. The van der Waals surface area contributed by atoms with Crippen molar-refractivity contribution >= 4 is 11.9 Å². The van der Waals surface area contributed by atoms with Crippen molar-refractivity contribution in [2.24, 2.45) is 0 Å². The van der Waals surface area contributed by atoms with E-state index in [1.807, 2.05) is 0 Å². The lowest BCUT2D eigenvalue weighted by Crippen LogP contribution is -2.52. The van der Waals surface area contributed by atoms with Crippen LogP contribution in [0.25, 0.3) is 0 Å². The van der Waals surface area contributed by atoms with E-state index in [4.69, 9.17) is 4.74 Å². The Hall–Kier alpha value is -2.35. The van der Waals surface area contributed by atoms with Gasteiger partial charge in [-0.25, -0.2) is 9.59 Å².